The van der Waals surface area contributed by atoms with Crippen LogP contribution in [0, 0.1) is 29.6 Å². The number of carbonyl (C=O) groups is 2. The Morgan fingerprint density at radius 1 is 0.783 bits per heavy atom. The summed E-state index contributed by atoms with van der Waals surface area (Å²) in [6, 6.07) is 0. The van der Waals surface area contributed by atoms with Crippen molar-refractivity contribution in [3.05, 3.63) is 48.1 Å². The zero-order valence-electron chi connectivity index (χ0n) is 32.6. The predicted octanol–water partition coefficient (Wildman–Crippen LogP) is 10.6. The van der Waals surface area contributed by atoms with Crippen molar-refractivity contribution >= 4 is 29.0 Å². The Kier molecular flexibility index (Phi) is 17.4. The molecule has 266 valence electrons. The number of carbonyl (C=O) groups excluding carboxylic acids is 2. The zero-order chi connectivity index (χ0) is 36.4. The average molecular weight is 678 g/mol. The van der Waals surface area contributed by atoms with E-state index < -0.39 is 28.8 Å². The highest BCUT2D eigenvalue weighted by molar-refractivity contribution is 6.74. The largest absolute Gasteiger partial charge is 0.445 e. The molecule has 2 N–H and O–H groups in total. The van der Waals surface area contributed by atoms with Crippen LogP contribution in [0.25, 0.3) is 0 Å². The van der Waals surface area contributed by atoms with Crippen molar-refractivity contribution in [3.8, 4) is 0 Å². The van der Waals surface area contributed by atoms with Crippen LogP contribution in [0.5, 0.6) is 0 Å². The number of aldehydes is 1. The summed E-state index contributed by atoms with van der Waals surface area (Å²) >= 11 is 0. The van der Waals surface area contributed by atoms with Crippen LogP contribution >= 0.6 is 0 Å². The van der Waals surface area contributed by atoms with Gasteiger partial charge in [-0.1, -0.05) is 119 Å². The average Bonchev–Trinajstić information content (AvgIpc) is 2.89. The van der Waals surface area contributed by atoms with Gasteiger partial charge in [-0.05, 0) is 73.9 Å². The summed E-state index contributed by atoms with van der Waals surface area (Å²) in [4.78, 5) is 23.6. The Morgan fingerprint density at radius 3 is 1.65 bits per heavy atom. The molecule has 0 bridgehead atoms. The van der Waals surface area contributed by atoms with E-state index in [2.05, 4.69) is 115 Å². The van der Waals surface area contributed by atoms with Crippen molar-refractivity contribution in [2.75, 3.05) is 0 Å². The maximum atomic E-state index is 12.1. The fourth-order valence-electron chi connectivity index (χ4n) is 5.63. The quantitative estimate of drug-likeness (QED) is 0.0513. The second-order valence-electron chi connectivity index (χ2n) is 16.9. The fraction of sp³-hybridized carbons (Fsp3) is 0.737. The Labute approximate surface area is 285 Å². The molecule has 6 nitrogen and oxygen atoms in total. The van der Waals surface area contributed by atoms with Crippen LogP contribution in [0.3, 0.4) is 0 Å². The van der Waals surface area contributed by atoms with E-state index in [-0.39, 0.29) is 51.9 Å². The van der Waals surface area contributed by atoms with E-state index in [1.165, 1.54) is 5.57 Å². The van der Waals surface area contributed by atoms with E-state index in [1.807, 2.05) is 32.1 Å². The van der Waals surface area contributed by atoms with Gasteiger partial charge in [-0.2, -0.15) is 0 Å². The molecule has 0 aromatic carbocycles. The van der Waals surface area contributed by atoms with E-state index >= 15 is 0 Å². The molecule has 0 aromatic heterocycles. The molecule has 0 aromatic rings. The molecule has 0 aliphatic carbocycles. The molecule has 8 heteroatoms. The molecule has 0 aliphatic heterocycles. The van der Waals surface area contributed by atoms with Crippen LogP contribution in [0.4, 0.5) is 4.79 Å². The molecule has 8 atom stereocenters. The normalized spacial score (nSPS) is 19.5. The molecule has 0 saturated carbocycles. The molecule has 0 unspecified atom stereocenters. The molecular formula is C38H71NO5Si2. The molecule has 0 aliphatic rings. The molecule has 0 radical (unpaired) electrons. The van der Waals surface area contributed by atoms with Crippen LogP contribution in [0.1, 0.15) is 96.4 Å². The molecular weight excluding hydrogens is 607 g/mol. The Morgan fingerprint density at radius 2 is 1.24 bits per heavy atom. The SMILES string of the molecule is C=C/C=C\[C@H](C)[C@H](OC(N)=O)[C@@H](C)[C@H](O[Si](C)(C)C(C)(C)C)[C@@H](C)C/C(C)=C\[C@H](C)[C@@H](O[Si](C)(C)C(C)(C)C)[C@@H](C)/C=C(/C)C=O. The van der Waals surface area contributed by atoms with Gasteiger partial charge in [-0.3, -0.25) is 4.79 Å². The summed E-state index contributed by atoms with van der Waals surface area (Å²) in [5.74, 6) is 0.142. The molecule has 0 heterocycles. The van der Waals surface area contributed by atoms with E-state index in [0.29, 0.717) is 0 Å². The Balaban J connectivity index is 6.69. The van der Waals surface area contributed by atoms with Gasteiger partial charge in [-0.25, -0.2) is 4.79 Å². The third-order valence-electron chi connectivity index (χ3n) is 10.3. The lowest BCUT2D eigenvalue weighted by atomic mass is 9.81. The minimum absolute atomic E-state index is 0.0100. The molecule has 0 rings (SSSR count). The van der Waals surface area contributed by atoms with Gasteiger partial charge >= 0.3 is 6.09 Å². The van der Waals surface area contributed by atoms with Gasteiger partial charge in [0.25, 0.3) is 0 Å². The first-order chi connectivity index (χ1) is 20.7. The summed E-state index contributed by atoms with van der Waals surface area (Å²) in [6.45, 7) is 41.2. The van der Waals surface area contributed by atoms with Crippen LogP contribution in [-0.2, 0) is 18.4 Å². The second kappa shape index (κ2) is 18.1. The van der Waals surface area contributed by atoms with Crippen molar-refractivity contribution < 1.29 is 23.2 Å². The number of allylic oxidation sites excluding steroid dienone is 4. The number of rotatable bonds is 18. The van der Waals surface area contributed by atoms with Crippen LogP contribution in [-0.4, -0.2) is 47.3 Å². The topological polar surface area (TPSA) is 87.8 Å². The number of hydrogen-bond acceptors (Lipinski definition) is 5. The number of ether oxygens (including phenoxy) is 1. The van der Waals surface area contributed by atoms with Gasteiger partial charge in [0.15, 0.2) is 16.6 Å². The van der Waals surface area contributed by atoms with Gasteiger partial charge < -0.3 is 19.3 Å². The minimum atomic E-state index is -2.20. The van der Waals surface area contributed by atoms with Crippen molar-refractivity contribution in [3.63, 3.8) is 0 Å². The zero-order valence-corrected chi connectivity index (χ0v) is 34.6. The summed E-state index contributed by atoms with van der Waals surface area (Å²) in [5, 5.41) is 0.0729. The predicted molar refractivity (Wildman–Crippen MR) is 202 cm³/mol. The summed E-state index contributed by atoms with van der Waals surface area (Å²) in [5.41, 5.74) is 7.57. The van der Waals surface area contributed by atoms with Crippen LogP contribution in [0.15, 0.2) is 48.1 Å². The third-order valence-corrected chi connectivity index (χ3v) is 19.3. The first kappa shape index (κ1) is 44.3. The van der Waals surface area contributed by atoms with Gasteiger partial charge in [0, 0.05) is 17.8 Å². The lowest BCUT2D eigenvalue weighted by Crippen LogP contribution is -2.50. The highest BCUT2D eigenvalue weighted by atomic mass is 28.4. The number of amides is 1. The highest BCUT2D eigenvalue weighted by Crippen LogP contribution is 2.42. The highest BCUT2D eigenvalue weighted by Gasteiger charge is 2.44. The van der Waals surface area contributed by atoms with E-state index in [0.717, 1.165) is 18.3 Å². The van der Waals surface area contributed by atoms with Crippen molar-refractivity contribution in [2.24, 2.45) is 35.3 Å². The van der Waals surface area contributed by atoms with Crippen molar-refractivity contribution in [1.82, 2.24) is 0 Å². The lowest BCUT2D eigenvalue weighted by molar-refractivity contribution is -0.104. The monoisotopic (exact) mass is 677 g/mol. The third kappa shape index (κ3) is 13.8. The van der Waals surface area contributed by atoms with E-state index in [4.69, 9.17) is 19.3 Å². The Bertz CT molecular complexity index is 1080. The van der Waals surface area contributed by atoms with Gasteiger partial charge in [0.1, 0.15) is 12.4 Å². The number of primary amides is 1. The molecule has 0 fully saturated rings. The number of nitrogens with two attached hydrogens (primary N) is 1. The molecule has 0 saturated heterocycles. The second-order valence-corrected chi connectivity index (χ2v) is 26.4. The summed E-state index contributed by atoms with van der Waals surface area (Å²) < 4.78 is 20.0. The van der Waals surface area contributed by atoms with Crippen LogP contribution in [0.2, 0.25) is 36.3 Å². The van der Waals surface area contributed by atoms with Gasteiger partial charge in [0.2, 0.25) is 0 Å². The Hall–Kier alpha value is -1.75. The maximum Gasteiger partial charge on any atom is 0.404 e. The van der Waals surface area contributed by atoms with Crippen molar-refractivity contribution in [1.29, 1.82) is 0 Å². The lowest BCUT2D eigenvalue weighted by Gasteiger charge is -2.45. The van der Waals surface area contributed by atoms with Crippen LogP contribution < -0.4 is 5.73 Å². The maximum absolute atomic E-state index is 12.1. The summed E-state index contributed by atoms with van der Waals surface area (Å²) in [7, 11) is -4.28. The molecule has 1 amide bonds. The first-order valence-electron chi connectivity index (χ1n) is 17.1. The van der Waals surface area contributed by atoms with Gasteiger partial charge in [0.05, 0.1) is 12.2 Å². The number of hydrogen-bond donors (Lipinski definition) is 1. The molecule has 0 spiro atoms. The van der Waals surface area contributed by atoms with E-state index in [1.54, 1.807) is 6.08 Å². The summed E-state index contributed by atoms with van der Waals surface area (Å²) in [6.07, 6.45) is 10.3. The van der Waals surface area contributed by atoms with Gasteiger partial charge in [-0.15, -0.1) is 0 Å². The molecule has 46 heavy (non-hydrogen) atoms. The minimum Gasteiger partial charge on any atom is -0.445 e. The van der Waals surface area contributed by atoms with Crippen molar-refractivity contribution in [2.45, 2.75) is 151 Å². The fourth-order valence-corrected chi connectivity index (χ4v) is 8.58. The first-order valence-corrected chi connectivity index (χ1v) is 23.0. The van der Waals surface area contributed by atoms with E-state index in [9.17, 15) is 9.59 Å². The smallest absolute Gasteiger partial charge is 0.404 e. The standard InChI is InChI=1S/C38H71NO5Si2/c1-19-20-21-28(4)34(42-36(39)41)32(8)35(44-46(17,18)38(12,13)14)31(7)23-26(2)22-29(5)33(30(6)24-27(3)25-40)43-45(15,16)37(9,10)11/h19-22,24-25,28-35H,1,23H2,2-18H3,(H2,39,41)/b21-20-,26-22-,27-24-/t28-,29-,30-,31-,32+,33+,34-,35+/m0/s1.